The molecule has 1 unspecified atom stereocenters. The fraction of sp³-hybridized carbons (Fsp3) is 0.263. The number of amides is 1. The van der Waals surface area contributed by atoms with Gasteiger partial charge in [-0.25, -0.2) is 0 Å². The van der Waals surface area contributed by atoms with Crippen LogP contribution in [-0.2, 0) is 17.8 Å². The fourth-order valence-electron chi connectivity index (χ4n) is 2.94. The Bertz CT molecular complexity index is 792. The van der Waals surface area contributed by atoms with Crippen molar-refractivity contribution < 1.29 is 9.90 Å². The lowest BCUT2D eigenvalue weighted by atomic mass is 10.0. The van der Waals surface area contributed by atoms with Gasteiger partial charge in [-0.2, -0.15) is 5.26 Å². The number of aliphatic hydroxyl groups is 1. The summed E-state index contributed by atoms with van der Waals surface area (Å²) in [4.78, 5) is 14.1. The van der Waals surface area contributed by atoms with Gasteiger partial charge >= 0.3 is 0 Å². The summed E-state index contributed by atoms with van der Waals surface area (Å²) in [5, 5.41) is 18.9. The Kier molecular flexibility index (Phi) is 4.14. The Labute approximate surface area is 135 Å². The Morgan fingerprint density at radius 3 is 2.87 bits per heavy atom. The monoisotopic (exact) mass is 306 g/mol. The fourth-order valence-corrected chi connectivity index (χ4v) is 2.94. The molecule has 2 aromatic carbocycles. The smallest absolute Gasteiger partial charge is 0.231 e. The zero-order valence-corrected chi connectivity index (χ0v) is 13.0. The molecule has 0 spiro atoms. The molecule has 2 aromatic rings. The highest BCUT2D eigenvalue weighted by Gasteiger charge is 2.27. The normalized spacial score (nSPS) is 14.5. The molecule has 3 rings (SSSR count). The molecule has 1 atom stereocenters. The van der Waals surface area contributed by atoms with Crippen LogP contribution in [0.3, 0.4) is 0 Å². The minimum atomic E-state index is -0.489. The first-order chi connectivity index (χ1) is 11.1. The third-order valence-corrected chi connectivity index (χ3v) is 4.21. The van der Waals surface area contributed by atoms with Crippen molar-refractivity contribution in [2.24, 2.45) is 0 Å². The van der Waals surface area contributed by atoms with Crippen molar-refractivity contribution in [2.75, 3.05) is 4.90 Å². The van der Waals surface area contributed by atoms with Crippen molar-refractivity contribution in [3.63, 3.8) is 0 Å². The van der Waals surface area contributed by atoms with Gasteiger partial charge in [0, 0.05) is 5.69 Å². The molecule has 0 saturated heterocycles. The molecule has 1 heterocycles. The second-order valence-electron chi connectivity index (χ2n) is 5.78. The number of nitriles is 1. The van der Waals surface area contributed by atoms with Gasteiger partial charge in [0.05, 0.1) is 30.7 Å². The van der Waals surface area contributed by atoms with Crippen LogP contribution in [0, 0.1) is 11.3 Å². The molecule has 1 N–H and O–H groups in total. The first kappa shape index (κ1) is 15.3. The molecule has 0 fully saturated rings. The van der Waals surface area contributed by atoms with E-state index in [1.54, 1.807) is 17.0 Å². The van der Waals surface area contributed by atoms with Gasteiger partial charge in [0.15, 0.2) is 0 Å². The van der Waals surface area contributed by atoms with E-state index in [1.807, 2.05) is 37.3 Å². The van der Waals surface area contributed by atoms with Crippen LogP contribution in [0.2, 0.25) is 0 Å². The number of anilines is 1. The molecule has 4 nitrogen and oxygen atoms in total. The third kappa shape index (κ3) is 2.96. The highest BCUT2D eigenvalue weighted by Crippen LogP contribution is 2.33. The van der Waals surface area contributed by atoms with Gasteiger partial charge < -0.3 is 10.0 Å². The van der Waals surface area contributed by atoms with Gasteiger partial charge in [-0.3, -0.25) is 4.79 Å². The minimum absolute atomic E-state index is 0.0468. The molecule has 4 heteroatoms. The average Bonchev–Trinajstić information content (AvgIpc) is 2.89. The number of aliphatic hydroxyl groups excluding tert-OH is 1. The second-order valence-corrected chi connectivity index (χ2v) is 5.78. The van der Waals surface area contributed by atoms with Crippen molar-refractivity contribution >= 4 is 11.6 Å². The van der Waals surface area contributed by atoms with Crippen LogP contribution in [-0.4, -0.2) is 11.0 Å². The second kappa shape index (κ2) is 6.23. The zero-order valence-electron chi connectivity index (χ0n) is 13.0. The van der Waals surface area contributed by atoms with E-state index in [-0.39, 0.29) is 5.91 Å². The van der Waals surface area contributed by atoms with E-state index in [0.717, 1.165) is 22.4 Å². The van der Waals surface area contributed by atoms with Gasteiger partial charge in [0.2, 0.25) is 5.91 Å². The van der Waals surface area contributed by atoms with E-state index in [0.29, 0.717) is 24.9 Å². The number of benzene rings is 2. The van der Waals surface area contributed by atoms with Crippen molar-refractivity contribution in [1.82, 2.24) is 0 Å². The molecular formula is C19H18N2O2. The van der Waals surface area contributed by atoms with Crippen LogP contribution >= 0.6 is 0 Å². The van der Waals surface area contributed by atoms with Crippen molar-refractivity contribution in [3.05, 3.63) is 64.7 Å². The first-order valence-electron chi connectivity index (χ1n) is 7.72. The summed E-state index contributed by atoms with van der Waals surface area (Å²) in [6.45, 7) is 2.38. The van der Waals surface area contributed by atoms with Gasteiger partial charge in [-0.1, -0.05) is 31.2 Å². The van der Waals surface area contributed by atoms with E-state index in [9.17, 15) is 9.90 Å². The SMILES string of the molecule is CCC(O)c1ccc2c(c1)CC(=O)N2Cc1cccc(C#N)c1. The summed E-state index contributed by atoms with van der Waals surface area (Å²) in [6, 6.07) is 15.1. The van der Waals surface area contributed by atoms with Gasteiger partial charge in [0.1, 0.15) is 0 Å². The number of carbonyl (C=O) groups is 1. The summed E-state index contributed by atoms with van der Waals surface area (Å²) in [7, 11) is 0. The van der Waals surface area contributed by atoms with E-state index in [4.69, 9.17) is 5.26 Å². The number of fused-ring (bicyclic) bond motifs is 1. The molecular weight excluding hydrogens is 288 g/mol. The highest BCUT2D eigenvalue weighted by molar-refractivity contribution is 6.01. The van der Waals surface area contributed by atoms with Crippen LogP contribution < -0.4 is 4.90 Å². The number of rotatable bonds is 4. The lowest BCUT2D eigenvalue weighted by molar-refractivity contribution is -0.117. The number of nitrogens with zero attached hydrogens (tertiary/aromatic N) is 2. The number of carbonyl (C=O) groups excluding carboxylic acids is 1. The largest absolute Gasteiger partial charge is 0.388 e. The summed E-state index contributed by atoms with van der Waals surface area (Å²) in [6.07, 6.45) is 0.520. The summed E-state index contributed by atoms with van der Waals surface area (Å²) >= 11 is 0. The van der Waals surface area contributed by atoms with Crippen LogP contribution in [0.5, 0.6) is 0 Å². The topological polar surface area (TPSA) is 64.3 Å². The molecule has 23 heavy (non-hydrogen) atoms. The third-order valence-electron chi connectivity index (χ3n) is 4.21. The van der Waals surface area contributed by atoms with Crippen molar-refractivity contribution in [3.8, 4) is 6.07 Å². The van der Waals surface area contributed by atoms with Gasteiger partial charge in [-0.15, -0.1) is 0 Å². The lowest BCUT2D eigenvalue weighted by Gasteiger charge is -2.18. The maximum atomic E-state index is 12.3. The van der Waals surface area contributed by atoms with E-state index < -0.39 is 6.10 Å². The summed E-state index contributed by atoms with van der Waals surface area (Å²) < 4.78 is 0. The maximum absolute atomic E-state index is 12.3. The van der Waals surface area contributed by atoms with E-state index >= 15 is 0 Å². The van der Waals surface area contributed by atoms with E-state index in [2.05, 4.69) is 6.07 Å². The molecule has 0 bridgehead atoms. The zero-order chi connectivity index (χ0) is 16.4. The maximum Gasteiger partial charge on any atom is 0.231 e. The van der Waals surface area contributed by atoms with Crippen LogP contribution in [0.15, 0.2) is 42.5 Å². The van der Waals surface area contributed by atoms with Gasteiger partial charge in [-0.05, 0) is 41.3 Å². The molecule has 0 aliphatic carbocycles. The molecule has 0 saturated carbocycles. The molecule has 1 aliphatic heterocycles. The predicted molar refractivity (Wildman–Crippen MR) is 87.7 cm³/mol. The number of hydrogen-bond donors (Lipinski definition) is 1. The van der Waals surface area contributed by atoms with Crippen LogP contribution in [0.1, 0.15) is 41.7 Å². The van der Waals surface area contributed by atoms with Crippen molar-refractivity contribution in [2.45, 2.75) is 32.4 Å². The van der Waals surface area contributed by atoms with Crippen molar-refractivity contribution in [1.29, 1.82) is 5.26 Å². The molecule has 116 valence electrons. The van der Waals surface area contributed by atoms with Crippen LogP contribution in [0.4, 0.5) is 5.69 Å². The molecule has 1 aliphatic rings. The quantitative estimate of drug-likeness (QED) is 0.944. The first-order valence-corrected chi connectivity index (χ1v) is 7.72. The predicted octanol–water partition coefficient (Wildman–Crippen LogP) is 3.09. The van der Waals surface area contributed by atoms with Gasteiger partial charge in [0.25, 0.3) is 0 Å². The van der Waals surface area contributed by atoms with Crippen LogP contribution in [0.25, 0.3) is 0 Å². The molecule has 0 radical (unpaired) electrons. The summed E-state index contributed by atoms with van der Waals surface area (Å²) in [5.74, 6) is 0.0468. The minimum Gasteiger partial charge on any atom is -0.388 e. The molecule has 0 aromatic heterocycles. The Morgan fingerprint density at radius 1 is 1.30 bits per heavy atom. The highest BCUT2D eigenvalue weighted by atomic mass is 16.3. The van der Waals surface area contributed by atoms with E-state index in [1.165, 1.54) is 0 Å². The standard InChI is InChI=1S/C19H18N2O2/c1-2-18(22)15-6-7-17-16(9-15)10-19(23)21(17)12-14-5-3-4-13(8-14)11-20/h3-9,18,22H,2,10,12H2,1H3. The average molecular weight is 306 g/mol. The molecule has 1 amide bonds. The summed E-state index contributed by atoms with van der Waals surface area (Å²) in [5.41, 5.74) is 4.23. The lowest BCUT2D eigenvalue weighted by Crippen LogP contribution is -2.26. The Morgan fingerprint density at radius 2 is 2.13 bits per heavy atom. The number of hydrogen-bond acceptors (Lipinski definition) is 3. The Hall–Kier alpha value is -2.64. The Balaban J connectivity index is 1.88.